The van der Waals surface area contributed by atoms with Gasteiger partial charge in [0.1, 0.15) is 0 Å². The summed E-state index contributed by atoms with van der Waals surface area (Å²) in [6.45, 7) is 2.44. The van der Waals surface area contributed by atoms with Gasteiger partial charge < -0.3 is 14.5 Å². The van der Waals surface area contributed by atoms with Crippen molar-refractivity contribution in [2.24, 2.45) is 5.92 Å². The Labute approximate surface area is 232 Å². The van der Waals surface area contributed by atoms with E-state index >= 15 is 0 Å². The number of rotatable bonds is 6. The van der Waals surface area contributed by atoms with Crippen molar-refractivity contribution in [3.63, 3.8) is 0 Å². The number of ether oxygens (including phenoxy) is 1. The van der Waals surface area contributed by atoms with E-state index in [9.17, 15) is 9.59 Å². The third-order valence-corrected chi connectivity index (χ3v) is 8.86. The van der Waals surface area contributed by atoms with Gasteiger partial charge >= 0.3 is 0 Å². The molecular formula is C30H33N5O3S. The quantitative estimate of drug-likeness (QED) is 0.428. The molecule has 9 heteroatoms. The minimum absolute atomic E-state index is 0.0713. The summed E-state index contributed by atoms with van der Waals surface area (Å²) in [5.74, 6) is 0.702. The topological polar surface area (TPSA) is 87.7 Å². The lowest BCUT2D eigenvalue weighted by Crippen LogP contribution is -2.35. The van der Waals surface area contributed by atoms with Crippen molar-refractivity contribution < 1.29 is 14.3 Å². The number of aromatic nitrogens is 2. The minimum Gasteiger partial charge on any atom is -0.463 e. The van der Waals surface area contributed by atoms with Crippen molar-refractivity contribution in [3.8, 4) is 11.3 Å². The monoisotopic (exact) mass is 543 g/mol. The number of hydrogen-bond donors (Lipinski definition) is 1. The predicted molar refractivity (Wildman–Crippen MR) is 152 cm³/mol. The molecule has 0 spiro atoms. The molecule has 4 heterocycles. The number of allylic oxidation sites excluding steroid dienone is 1. The SMILES string of the molecule is CC1=C(C(=O)Nc2nc(-c3ccc4c(c3)CCC(=O)N4Cc3cccnc3)cs2)OC(C2CCCCC2)N1C. The molecule has 1 aliphatic carbocycles. The number of carbonyl (C=O) groups is 2. The lowest BCUT2D eigenvalue weighted by Gasteiger charge is -2.32. The third kappa shape index (κ3) is 5.15. The summed E-state index contributed by atoms with van der Waals surface area (Å²) < 4.78 is 6.21. The van der Waals surface area contributed by atoms with E-state index in [1.807, 2.05) is 48.5 Å². The van der Waals surface area contributed by atoms with Gasteiger partial charge in [0.25, 0.3) is 5.91 Å². The first kappa shape index (κ1) is 25.6. The standard InChI is InChI=1S/C30H33N5O3S/c1-19-27(38-29(34(19)2)21-8-4-3-5-9-21)28(37)33-30-32-24(18-39-30)22-10-12-25-23(15-22)11-13-26(36)35(25)17-20-7-6-14-31-16-20/h6-7,10,12,14-16,18,21,29H,3-5,8-9,11,13,17H2,1-2H3,(H,32,33,37). The van der Waals surface area contributed by atoms with Crippen LogP contribution in [0.25, 0.3) is 11.3 Å². The summed E-state index contributed by atoms with van der Waals surface area (Å²) >= 11 is 1.40. The fourth-order valence-electron chi connectivity index (χ4n) is 5.87. The van der Waals surface area contributed by atoms with Crippen molar-refractivity contribution in [2.45, 2.75) is 64.6 Å². The average molecular weight is 544 g/mol. The van der Waals surface area contributed by atoms with E-state index in [0.29, 0.717) is 36.2 Å². The zero-order chi connectivity index (χ0) is 26.9. The molecule has 0 radical (unpaired) electrons. The first-order chi connectivity index (χ1) is 19.0. The first-order valence-electron chi connectivity index (χ1n) is 13.7. The van der Waals surface area contributed by atoms with Gasteiger partial charge in [0.15, 0.2) is 11.4 Å². The van der Waals surface area contributed by atoms with Gasteiger partial charge in [-0.15, -0.1) is 11.3 Å². The highest BCUT2D eigenvalue weighted by Crippen LogP contribution is 2.37. The van der Waals surface area contributed by atoms with Gasteiger partial charge in [-0.1, -0.05) is 31.4 Å². The van der Waals surface area contributed by atoms with E-state index in [4.69, 9.17) is 9.72 Å². The Morgan fingerprint density at radius 2 is 2.03 bits per heavy atom. The highest BCUT2D eigenvalue weighted by Gasteiger charge is 2.38. The molecule has 3 aliphatic rings. The average Bonchev–Trinajstić information content (AvgIpc) is 3.55. The van der Waals surface area contributed by atoms with Crippen LogP contribution in [0.3, 0.4) is 0 Å². The summed E-state index contributed by atoms with van der Waals surface area (Å²) in [5, 5.41) is 5.44. The number of thiazole rings is 1. The number of nitrogens with one attached hydrogen (secondary N) is 1. The molecule has 1 fully saturated rings. The Balaban J connectivity index is 1.15. The van der Waals surface area contributed by atoms with Crippen LogP contribution >= 0.6 is 11.3 Å². The second kappa shape index (κ2) is 10.8. The highest BCUT2D eigenvalue weighted by molar-refractivity contribution is 7.14. The Kier molecular flexibility index (Phi) is 7.08. The molecule has 1 aromatic carbocycles. The fraction of sp³-hybridized carbons (Fsp3) is 0.400. The Morgan fingerprint density at radius 3 is 2.82 bits per heavy atom. The molecule has 0 bridgehead atoms. The van der Waals surface area contributed by atoms with Crippen LogP contribution in [0.2, 0.25) is 0 Å². The van der Waals surface area contributed by atoms with E-state index in [-0.39, 0.29) is 18.0 Å². The van der Waals surface area contributed by atoms with Crippen molar-refractivity contribution in [2.75, 3.05) is 17.3 Å². The van der Waals surface area contributed by atoms with Gasteiger partial charge in [0.2, 0.25) is 11.7 Å². The number of aryl methyl sites for hydroxylation is 1. The Hall–Kier alpha value is -3.72. The molecule has 1 N–H and O–H groups in total. The maximum Gasteiger partial charge on any atom is 0.294 e. The third-order valence-electron chi connectivity index (χ3n) is 8.10. The zero-order valence-corrected chi connectivity index (χ0v) is 23.2. The number of benzene rings is 1. The summed E-state index contributed by atoms with van der Waals surface area (Å²) in [5.41, 5.74) is 5.66. The number of nitrogens with zero attached hydrogens (tertiary/aromatic N) is 4. The second-order valence-corrected chi connectivity index (χ2v) is 11.5. The maximum absolute atomic E-state index is 13.2. The molecule has 202 valence electrons. The summed E-state index contributed by atoms with van der Waals surface area (Å²) in [6, 6.07) is 9.96. The summed E-state index contributed by atoms with van der Waals surface area (Å²) in [7, 11) is 2.01. The van der Waals surface area contributed by atoms with Crippen molar-refractivity contribution in [3.05, 3.63) is 70.7 Å². The van der Waals surface area contributed by atoms with Gasteiger partial charge in [0, 0.05) is 48.4 Å². The van der Waals surface area contributed by atoms with Crippen LogP contribution in [0.15, 0.2) is 59.6 Å². The number of anilines is 2. The highest BCUT2D eigenvalue weighted by atomic mass is 32.1. The van der Waals surface area contributed by atoms with Gasteiger partial charge in [-0.2, -0.15) is 0 Å². The second-order valence-electron chi connectivity index (χ2n) is 10.6. The largest absolute Gasteiger partial charge is 0.463 e. The van der Waals surface area contributed by atoms with Crippen molar-refractivity contribution >= 4 is 34.0 Å². The van der Waals surface area contributed by atoms with Gasteiger partial charge in [-0.3, -0.25) is 19.9 Å². The number of carbonyl (C=O) groups excluding carboxylic acids is 2. The Morgan fingerprint density at radius 1 is 1.18 bits per heavy atom. The maximum atomic E-state index is 13.2. The summed E-state index contributed by atoms with van der Waals surface area (Å²) in [4.78, 5) is 38.7. The van der Waals surface area contributed by atoms with Crippen LogP contribution < -0.4 is 10.2 Å². The molecular weight excluding hydrogens is 510 g/mol. The normalized spacial score (nSPS) is 19.7. The van der Waals surface area contributed by atoms with Crippen LogP contribution in [0.4, 0.5) is 10.8 Å². The molecule has 8 nitrogen and oxygen atoms in total. The summed E-state index contributed by atoms with van der Waals surface area (Å²) in [6.07, 6.45) is 10.6. The number of pyridine rings is 1. The predicted octanol–water partition coefficient (Wildman–Crippen LogP) is 5.72. The Bertz CT molecular complexity index is 1410. The smallest absolute Gasteiger partial charge is 0.294 e. The van der Waals surface area contributed by atoms with E-state index in [1.54, 1.807) is 12.4 Å². The van der Waals surface area contributed by atoms with E-state index in [2.05, 4.69) is 21.3 Å². The van der Waals surface area contributed by atoms with Crippen LogP contribution in [0, 0.1) is 5.92 Å². The number of hydrogen-bond acceptors (Lipinski definition) is 7. The van der Waals surface area contributed by atoms with Gasteiger partial charge in [-0.25, -0.2) is 4.98 Å². The van der Waals surface area contributed by atoms with Crippen LogP contribution in [-0.4, -0.2) is 40.0 Å². The fourth-order valence-corrected chi connectivity index (χ4v) is 6.58. The van der Waals surface area contributed by atoms with Crippen molar-refractivity contribution in [1.29, 1.82) is 0 Å². The van der Waals surface area contributed by atoms with E-state index in [1.165, 1.54) is 30.6 Å². The molecule has 2 amide bonds. The minimum atomic E-state index is -0.256. The molecule has 2 aromatic heterocycles. The lowest BCUT2D eigenvalue weighted by atomic mass is 9.87. The molecule has 2 aliphatic heterocycles. The lowest BCUT2D eigenvalue weighted by molar-refractivity contribution is -0.119. The molecule has 39 heavy (non-hydrogen) atoms. The number of fused-ring (bicyclic) bond motifs is 1. The number of amides is 2. The molecule has 1 atom stereocenters. The zero-order valence-electron chi connectivity index (χ0n) is 22.4. The molecule has 3 aromatic rings. The molecule has 6 rings (SSSR count). The first-order valence-corrected chi connectivity index (χ1v) is 14.6. The van der Waals surface area contributed by atoms with Crippen LogP contribution in [0.5, 0.6) is 0 Å². The van der Waals surface area contributed by atoms with Gasteiger partial charge in [0.05, 0.1) is 17.9 Å². The molecule has 0 saturated heterocycles. The van der Waals surface area contributed by atoms with E-state index in [0.717, 1.165) is 46.6 Å². The van der Waals surface area contributed by atoms with Gasteiger partial charge in [-0.05, 0) is 55.5 Å². The van der Waals surface area contributed by atoms with Crippen molar-refractivity contribution in [1.82, 2.24) is 14.9 Å². The molecule has 1 saturated carbocycles. The van der Waals surface area contributed by atoms with Crippen LogP contribution in [0.1, 0.15) is 56.6 Å². The molecule has 1 unspecified atom stereocenters. The van der Waals surface area contributed by atoms with E-state index < -0.39 is 0 Å². The van der Waals surface area contributed by atoms with Crippen LogP contribution in [-0.2, 0) is 27.3 Å².